The Morgan fingerprint density at radius 3 is 2.54 bits per heavy atom. The summed E-state index contributed by atoms with van der Waals surface area (Å²) in [5.74, 6) is -0.0155. The second-order valence-electron chi connectivity index (χ2n) is 7.18. The minimum absolute atomic E-state index is 0.0155. The molecular formula is C21H26ClN5O. The van der Waals surface area contributed by atoms with Crippen molar-refractivity contribution in [2.24, 2.45) is 5.73 Å². The molecule has 0 unspecified atom stereocenters. The molecule has 1 aliphatic rings. The molecule has 6 nitrogen and oxygen atoms in total. The molecule has 1 amide bonds. The molecule has 1 atom stereocenters. The summed E-state index contributed by atoms with van der Waals surface area (Å²) in [5.41, 5.74) is 9.63. The molecule has 1 aliphatic heterocycles. The number of likely N-dealkylation sites (N-methyl/N-ethyl adjacent to an activating group) is 2. The van der Waals surface area contributed by atoms with Crippen LogP contribution in [0, 0.1) is 0 Å². The second kappa shape index (κ2) is 9.08. The minimum Gasteiger partial charge on any atom is -0.397 e. The van der Waals surface area contributed by atoms with Crippen LogP contribution in [-0.4, -0.2) is 60.5 Å². The van der Waals surface area contributed by atoms with Crippen LogP contribution < -0.4 is 11.1 Å². The van der Waals surface area contributed by atoms with Crippen LogP contribution in [0.1, 0.15) is 17.5 Å². The van der Waals surface area contributed by atoms with Gasteiger partial charge in [0.1, 0.15) is 0 Å². The van der Waals surface area contributed by atoms with Gasteiger partial charge in [0.15, 0.2) is 0 Å². The summed E-state index contributed by atoms with van der Waals surface area (Å²) in [6, 6.07) is 11.3. The van der Waals surface area contributed by atoms with E-state index in [2.05, 4.69) is 22.2 Å². The Morgan fingerprint density at radius 1 is 1.25 bits per heavy atom. The Labute approximate surface area is 171 Å². The largest absolute Gasteiger partial charge is 0.397 e. The third kappa shape index (κ3) is 5.03. The van der Waals surface area contributed by atoms with Crippen LogP contribution in [0.3, 0.4) is 0 Å². The lowest BCUT2D eigenvalue weighted by molar-refractivity contribution is -0.121. The lowest BCUT2D eigenvalue weighted by Gasteiger charge is -2.25. The van der Waals surface area contributed by atoms with Gasteiger partial charge in [-0.15, -0.1) is 0 Å². The monoisotopic (exact) mass is 399 g/mol. The van der Waals surface area contributed by atoms with E-state index in [0.29, 0.717) is 10.7 Å². The number of likely N-dealkylation sites (tertiary alicyclic amines) is 1. The van der Waals surface area contributed by atoms with Crippen molar-refractivity contribution in [2.75, 3.05) is 33.7 Å². The summed E-state index contributed by atoms with van der Waals surface area (Å²) in [7, 11) is 3.94. The molecule has 1 aromatic heterocycles. The predicted molar refractivity (Wildman–Crippen MR) is 113 cm³/mol. The zero-order chi connectivity index (χ0) is 20.1. The van der Waals surface area contributed by atoms with E-state index in [-0.39, 0.29) is 18.5 Å². The third-order valence-electron chi connectivity index (χ3n) is 4.88. The summed E-state index contributed by atoms with van der Waals surface area (Å²) < 4.78 is 0. The third-order valence-corrected chi connectivity index (χ3v) is 5.14. The van der Waals surface area contributed by atoms with Crippen LogP contribution in [0.2, 0.25) is 5.02 Å². The van der Waals surface area contributed by atoms with Gasteiger partial charge in [-0.1, -0.05) is 23.7 Å². The number of nitrogens with zero attached hydrogens (tertiary/aromatic N) is 3. The minimum atomic E-state index is -0.0155. The molecule has 7 heteroatoms. The quantitative estimate of drug-likeness (QED) is 0.779. The molecule has 0 bridgehead atoms. The maximum absolute atomic E-state index is 12.6. The van der Waals surface area contributed by atoms with Crippen molar-refractivity contribution in [3.8, 4) is 0 Å². The highest BCUT2D eigenvalue weighted by molar-refractivity contribution is 6.30. The van der Waals surface area contributed by atoms with Crippen molar-refractivity contribution in [3.63, 3.8) is 0 Å². The highest BCUT2D eigenvalue weighted by Gasteiger charge is 2.22. The number of halogens is 1. The lowest BCUT2D eigenvalue weighted by Crippen LogP contribution is -2.41. The summed E-state index contributed by atoms with van der Waals surface area (Å²) in [5, 5.41) is 3.77. The number of carbonyl (C=O) groups is 1. The van der Waals surface area contributed by atoms with Gasteiger partial charge in [0.2, 0.25) is 5.91 Å². The Bertz CT molecular complexity index is 838. The molecule has 2 heterocycles. The smallest absolute Gasteiger partial charge is 0.239 e. The predicted octanol–water partition coefficient (Wildman–Crippen LogP) is 2.27. The van der Waals surface area contributed by atoms with Crippen molar-refractivity contribution < 1.29 is 4.79 Å². The van der Waals surface area contributed by atoms with Gasteiger partial charge in [0.25, 0.3) is 0 Å². The molecule has 1 aromatic carbocycles. The van der Waals surface area contributed by atoms with E-state index in [1.54, 1.807) is 24.5 Å². The number of carbonyl (C=O) groups excluding carboxylic acids is 1. The zero-order valence-electron chi connectivity index (χ0n) is 16.2. The van der Waals surface area contributed by atoms with Crippen LogP contribution in [0.4, 0.5) is 0 Å². The molecule has 0 radical (unpaired) electrons. The second-order valence-corrected chi connectivity index (χ2v) is 7.61. The zero-order valence-corrected chi connectivity index (χ0v) is 17.0. The number of nitrogens with two attached hydrogens (primary N) is 1. The Morgan fingerprint density at radius 2 is 1.93 bits per heavy atom. The van der Waals surface area contributed by atoms with E-state index >= 15 is 0 Å². The molecule has 28 heavy (non-hydrogen) atoms. The molecular weight excluding hydrogens is 374 g/mol. The van der Waals surface area contributed by atoms with E-state index in [4.69, 9.17) is 17.3 Å². The maximum atomic E-state index is 12.6. The fraction of sp³-hybridized carbons (Fsp3) is 0.333. The van der Waals surface area contributed by atoms with Gasteiger partial charge in [-0.2, -0.15) is 0 Å². The fourth-order valence-electron chi connectivity index (χ4n) is 3.48. The normalized spacial score (nSPS) is 17.9. The molecule has 0 aliphatic carbocycles. The van der Waals surface area contributed by atoms with Gasteiger partial charge in [0, 0.05) is 42.6 Å². The van der Waals surface area contributed by atoms with Crippen LogP contribution in [0.5, 0.6) is 0 Å². The van der Waals surface area contributed by atoms with Gasteiger partial charge in [-0.25, -0.2) is 0 Å². The molecule has 1 fully saturated rings. The molecule has 148 valence electrons. The SMILES string of the molecule is CN1CC[C@H](NC(=O)CN(C)/C(=C(\N)c2ccc(Cl)cc2)c2ccncc2)C1. The van der Waals surface area contributed by atoms with Gasteiger partial charge < -0.3 is 20.9 Å². The van der Waals surface area contributed by atoms with Crippen molar-refractivity contribution >= 4 is 28.9 Å². The van der Waals surface area contributed by atoms with Crippen molar-refractivity contribution in [3.05, 3.63) is 64.9 Å². The first-order valence-corrected chi connectivity index (χ1v) is 9.67. The topological polar surface area (TPSA) is 74.5 Å². The van der Waals surface area contributed by atoms with Crippen molar-refractivity contribution in [1.29, 1.82) is 0 Å². The maximum Gasteiger partial charge on any atom is 0.239 e. The molecule has 3 N–H and O–H groups in total. The lowest BCUT2D eigenvalue weighted by atomic mass is 10.1. The highest BCUT2D eigenvalue weighted by Crippen LogP contribution is 2.26. The average molecular weight is 400 g/mol. The first-order chi connectivity index (χ1) is 13.4. The van der Waals surface area contributed by atoms with Crippen LogP contribution >= 0.6 is 11.6 Å². The van der Waals surface area contributed by atoms with Crippen molar-refractivity contribution in [1.82, 2.24) is 20.1 Å². The number of rotatable bonds is 6. The number of aromatic nitrogens is 1. The summed E-state index contributed by atoms with van der Waals surface area (Å²) in [6.45, 7) is 2.11. The van der Waals surface area contributed by atoms with E-state index in [1.807, 2.05) is 36.2 Å². The first kappa shape index (κ1) is 20.2. The molecule has 2 aromatic rings. The first-order valence-electron chi connectivity index (χ1n) is 9.29. The van der Waals surface area contributed by atoms with Crippen LogP contribution in [0.15, 0.2) is 48.8 Å². The highest BCUT2D eigenvalue weighted by atomic mass is 35.5. The Balaban J connectivity index is 1.83. The summed E-state index contributed by atoms with van der Waals surface area (Å²) in [6.07, 6.45) is 4.41. The molecule has 3 rings (SSSR count). The fourth-order valence-corrected chi connectivity index (χ4v) is 3.60. The molecule has 0 spiro atoms. The van der Waals surface area contributed by atoms with Crippen LogP contribution in [0.25, 0.3) is 11.4 Å². The van der Waals surface area contributed by atoms with Gasteiger partial charge in [-0.3, -0.25) is 9.78 Å². The Kier molecular flexibility index (Phi) is 6.54. The van der Waals surface area contributed by atoms with E-state index in [1.165, 1.54) is 0 Å². The number of amides is 1. The number of pyridine rings is 1. The number of hydrogen-bond acceptors (Lipinski definition) is 5. The van der Waals surface area contributed by atoms with E-state index in [9.17, 15) is 4.79 Å². The van der Waals surface area contributed by atoms with E-state index < -0.39 is 0 Å². The van der Waals surface area contributed by atoms with Gasteiger partial charge >= 0.3 is 0 Å². The van der Waals surface area contributed by atoms with Crippen molar-refractivity contribution in [2.45, 2.75) is 12.5 Å². The number of hydrogen-bond donors (Lipinski definition) is 2. The molecule has 1 saturated heterocycles. The Hall–Kier alpha value is -2.57. The average Bonchev–Trinajstić information content (AvgIpc) is 3.07. The van der Waals surface area contributed by atoms with Gasteiger partial charge in [0.05, 0.1) is 17.9 Å². The summed E-state index contributed by atoms with van der Waals surface area (Å²) >= 11 is 6.00. The summed E-state index contributed by atoms with van der Waals surface area (Å²) in [4.78, 5) is 20.8. The van der Waals surface area contributed by atoms with Crippen LogP contribution in [-0.2, 0) is 4.79 Å². The standard InChI is InChI=1S/C21H26ClN5O/c1-26-12-9-18(13-26)25-19(28)14-27(2)21(16-7-10-24-11-8-16)20(23)15-3-5-17(22)6-4-15/h3-8,10-11,18H,9,12-14,23H2,1-2H3,(H,25,28)/b21-20-/t18-/m0/s1. The number of nitrogens with one attached hydrogen (secondary N) is 1. The van der Waals surface area contributed by atoms with E-state index in [0.717, 1.165) is 36.3 Å². The van der Waals surface area contributed by atoms with Gasteiger partial charge in [-0.05, 0) is 49.8 Å². The molecule has 0 saturated carbocycles. The number of benzene rings is 1.